The average Bonchev–Trinajstić information content (AvgIpc) is 2.93. The van der Waals surface area contributed by atoms with Gasteiger partial charge in [0.25, 0.3) is 0 Å². The van der Waals surface area contributed by atoms with Gasteiger partial charge in [-0.15, -0.1) is 0 Å². The number of fused-ring (bicyclic) bond motifs is 1. The number of nitrogens with one attached hydrogen (secondary N) is 2. The Morgan fingerprint density at radius 1 is 1.23 bits per heavy atom. The number of rotatable bonds is 10. The number of hydrogen-bond donors (Lipinski definition) is 3. The van der Waals surface area contributed by atoms with Gasteiger partial charge >= 0.3 is 6.09 Å². The number of amides is 2. The second-order valence-electron chi connectivity index (χ2n) is 10.1. The second-order valence-corrected chi connectivity index (χ2v) is 10.1. The quantitative estimate of drug-likeness (QED) is 0.387. The Morgan fingerprint density at radius 3 is 2.62 bits per heavy atom. The first-order chi connectivity index (χ1) is 18.7. The molecule has 0 saturated carbocycles. The average molecular weight is 541 g/mol. The number of aromatic nitrogens is 2. The van der Waals surface area contributed by atoms with E-state index >= 15 is 0 Å². The highest BCUT2D eigenvalue weighted by Crippen LogP contribution is 2.37. The molecule has 1 aromatic carbocycles. The summed E-state index contributed by atoms with van der Waals surface area (Å²) < 4.78 is 5.72. The first-order valence-electron chi connectivity index (χ1n) is 13.6. The van der Waals surface area contributed by atoms with Crippen LogP contribution in [0.15, 0.2) is 24.4 Å². The van der Waals surface area contributed by atoms with Crippen molar-refractivity contribution in [3.05, 3.63) is 24.4 Å². The summed E-state index contributed by atoms with van der Waals surface area (Å²) >= 11 is 0. The Kier molecular flexibility index (Phi) is 8.95. The molecule has 1 saturated heterocycles. The van der Waals surface area contributed by atoms with Crippen LogP contribution < -0.4 is 30.1 Å². The number of likely N-dealkylation sites (N-methyl/N-ethyl adjacent to an activating group) is 1. The molecule has 2 amide bonds. The summed E-state index contributed by atoms with van der Waals surface area (Å²) in [5, 5.41) is 14.4. The molecule has 3 heterocycles. The molecule has 2 aliphatic rings. The number of carboxylic acid groups (broad SMARTS) is 1. The summed E-state index contributed by atoms with van der Waals surface area (Å²) in [5.74, 6) is 1.92. The Balaban J connectivity index is 1.45. The number of ether oxygens (including phenoxy) is 1. The fourth-order valence-corrected chi connectivity index (χ4v) is 5.27. The normalized spacial score (nSPS) is 17.8. The van der Waals surface area contributed by atoms with Crippen LogP contribution in [0.2, 0.25) is 0 Å². The van der Waals surface area contributed by atoms with E-state index in [1.54, 1.807) is 25.3 Å². The van der Waals surface area contributed by atoms with Crippen LogP contribution in [-0.2, 0) is 4.79 Å². The number of carbonyl (C=O) groups excluding carboxylic acids is 1. The Labute approximate surface area is 229 Å². The molecule has 3 N–H and O–H groups in total. The third kappa shape index (κ3) is 6.27. The lowest BCUT2D eigenvalue weighted by atomic mass is 10.1. The van der Waals surface area contributed by atoms with Crippen LogP contribution in [0.25, 0.3) is 0 Å². The van der Waals surface area contributed by atoms with Gasteiger partial charge in [0.1, 0.15) is 17.5 Å². The van der Waals surface area contributed by atoms with E-state index in [1.807, 2.05) is 19.1 Å². The summed E-state index contributed by atoms with van der Waals surface area (Å²) in [4.78, 5) is 41.3. The van der Waals surface area contributed by atoms with E-state index in [1.165, 1.54) is 0 Å². The number of anilines is 5. The van der Waals surface area contributed by atoms with Crippen molar-refractivity contribution >= 4 is 40.8 Å². The van der Waals surface area contributed by atoms with Gasteiger partial charge in [-0.1, -0.05) is 6.92 Å². The Bertz CT molecular complexity index is 1170. The molecule has 0 radical (unpaired) electrons. The van der Waals surface area contributed by atoms with Crippen LogP contribution in [0, 0.1) is 0 Å². The number of piperazine rings is 1. The molecule has 1 atom stereocenters. The number of benzene rings is 1. The first kappa shape index (κ1) is 28.2. The van der Waals surface area contributed by atoms with Gasteiger partial charge < -0.3 is 35.2 Å². The third-order valence-electron chi connectivity index (χ3n) is 7.35. The van der Waals surface area contributed by atoms with Crippen molar-refractivity contribution in [1.29, 1.82) is 0 Å². The summed E-state index contributed by atoms with van der Waals surface area (Å²) in [7, 11) is 3.42. The number of methoxy groups -OCH3 is 1. The summed E-state index contributed by atoms with van der Waals surface area (Å²) in [6.07, 6.45) is 2.21. The topological polar surface area (TPSA) is 126 Å². The minimum atomic E-state index is -0.975. The molecule has 212 valence electrons. The first-order valence-corrected chi connectivity index (χ1v) is 13.6. The predicted octanol–water partition coefficient (Wildman–Crippen LogP) is 2.98. The van der Waals surface area contributed by atoms with Gasteiger partial charge in [-0.2, -0.15) is 4.98 Å². The van der Waals surface area contributed by atoms with E-state index in [4.69, 9.17) is 14.8 Å². The lowest BCUT2D eigenvalue weighted by Gasteiger charge is -2.42. The molecule has 0 bridgehead atoms. The lowest BCUT2D eigenvalue weighted by molar-refractivity contribution is -0.120. The van der Waals surface area contributed by atoms with Crippen molar-refractivity contribution in [2.24, 2.45) is 0 Å². The van der Waals surface area contributed by atoms with E-state index in [0.29, 0.717) is 30.4 Å². The van der Waals surface area contributed by atoms with Crippen LogP contribution in [0.3, 0.4) is 0 Å². The molecule has 2 aliphatic heterocycles. The van der Waals surface area contributed by atoms with Crippen molar-refractivity contribution < 1.29 is 19.4 Å². The zero-order valence-electron chi connectivity index (χ0n) is 23.5. The molecule has 0 spiro atoms. The SMILES string of the molecule is CCC1C(=O)N(C)c2cnc(Nc3ccc(N4CCN(CCCNC(=O)O)CC4)cc3OC)nc2N1C(C)C. The summed E-state index contributed by atoms with van der Waals surface area (Å²) in [6.45, 7) is 11.1. The fourth-order valence-electron chi connectivity index (χ4n) is 5.27. The second kappa shape index (κ2) is 12.4. The van der Waals surface area contributed by atoms with Crippen LogP contribution >= 0.6 is 0 Å². The minimum absolute atomic E-state index is 0.0521. The van der Waals surface area contributed by atoms with Crippen LogP contribution in [-0.4, -0.2) is 97.5 Å². The molecule has 12 nitrogen and oxygen atoms in total. The van der Waals surface area contributed by atoms with Gasteiger partial charge in [0.2, 0.25) is 11.9 Å². The van der Waals surface area contributed by atoms with Crippen molar-refractivity contribution in [2.75, 3.05) is 73.4 Å². The molecular formula is C27H40N8O4. The van der Waals surface area contributed by atoms with Gasteiger partial charge in [-0.05, 0) is 45.4 Å². The monoisotopic (exact) mass is 540 g/mol. The minimum Gasteiger partial charge on any atom is -0.494 e. The maximum atomic E-state index is 12.9. The zero-order chi connectivity index (χ0) is 28.1. The number of carbonyl (C=O) groups is 2. The lowest BCUT2D eigenvalue weighted by Crippen LogP contribution is -2.54. The van der Waals surface area contributed by atoms with Gasteiger partial charge in [-0.25, -0.2) is 9.78 Å². The van der Waals surface area contributed by atoms with Crippen LogP contribution in [0.5, 0.6) is 5.75 Å². The molecule has 0 aliphatic carbocycles. The Morgan fingerprint density at radius 2 is 1.97 bits per heavy atom. The molecule has 4 rings (SSSR count). The highest BCUT2D eigenvalue weighted by molar-refractivity contribution is 6.04. The molecule has 2 aromatic rings. The molecule has 12 heteroatoms. The number of hydrogen-bond acceptors (Lipinski definition) is 9. The summed E-state index contributed by atoms with van der Waals surface area (Å²) in [6, 6.07) is 5.90. The molecule has 1 unspecified atom stereocenters. The van der Waals surface area contributed by atoms with Crippen molar-refractivity contribution in [3.8, 4) is 5.75 Å². The standard InChI is InChI=1S/C27H40N8O4/c1-6-21-25(36)32(4)22-17-29-26(31-24(22)35(21)18(2)3)30-20-9-8-19(16-23(20)39-5)34-14-12-33(13-15-34)11-7-10-28-27(37)38/h8-9,16-18,21,28H,6-7,10-15H2,1-5H3,(H,37,38)(H,29,30,31). The van der Waals surface area contributed by atoms with Crippen molar-refractivity contribution in [3.63, 3.8) is 0 Å². The molecule has 39 heavy (non-hydrogen) atoms. The maximum absolute atomic E-state index is 12.9. The molecule has 1 aromatic heterocycles. The van der Waals surface area contributed by atoms with Gasteiger partial charge in [0, 0.05) is 57.6 Å². The van der Waals surface area contributed by atoms with Gasteiger partial charge in [0.15, 0.2) is 5.82 Å². The highest BCUT2D eigenvalue weighted by atomic mass is 16.5. The van der Waals surface area contributed by atoms with E-state index in [2.05, 4.69) is 50.2 Å². The maximum Gasteiger partial charge on any atom is 0.404 e. The highest BCUT2D eigenvalue weighted by Gasteiger charge is 2.38. The van der Waals surface area contributed by atoms with Crippen LogP contribution in [0.4, 0.5) is 33.6 Å². The smallest absolute Gasteiger partial charge is 0.404 e. The predicted molar refractivity (Wildman–Crippen MR) is 153 cm³/mol. The van der Waals surface area contributed by atoms with Crippen LogP contribution in [0.1, 0.15) is 33.6 Å². The summed E-state index contributed by atoms with van der Waals surface area (Å²) in [5.41, 5.74) is 2.53. The fraction of sp³-hybridized carbons (Fsp3) is 0.556. The zero-order valence-corrected chi connectivity index (χ0v) is 23.5. The van der Waals surface area contributed by atoms with Crippen molar-refractivity contribution in [1.82, 2.24) is 20.2 Å². The largest absolute Gasteiger partial charge is 0.494 e. The third-order valence-corrected chi connectivity index (χ3v) is 7.35. The van der Waals surface area contributed by atoms with E-state index in [0.717, 1.165) is 56.3 Å². The van der Waals surface area contributed by atoms with Crippen molar-refractivity contribution in [2.45, 2.75) is 45.7 Å². The Hall–Kier alpha value is -3.80. The van der Waals surface area contributed by atoms with E-state index < -0.39 is 6.09 Å². The van der Waals surface area contributed by atoms with Gasteiger partial charge in [0.05, 0.1) is 19.0 Å². The molecule has 1 fully saturated rings. The van der Waals surface area contributed by atoms with E-state index in [9.17, 15) is 9.59 Å². The van der Waals surface area contributed by atoms with E-state index in [-0.39, 0.29) is 18.0 Å². The molecular weight excluding hydrogens is 500 g/mol. The van der Waals surface area contributed by atoms with Gasteiger partial charge in [-0.3, -0.25) is 9.69 Å². The number of nitrogens with zero attached hydrogens (tertiary/aromatic N) is 6.